The zero-order valence-electron chi connectivity index (χ0n) is 17.2. The predicted molar refractivity (Wildman–Crippen MR) is 117 cm³/mol. The first-order valence-corrected chi connectivity index (χ1v) is 10.5. The number of anilines is 3. The Morgan fingerprint density at radius 2 is 1.86 bits per heavy atom. The van der Waals surface area contributed by atoms with Crippen LogP contribution >= 0.6 is 0 Å². The van der Waals surface area contributed by atoms with Gasteiger partial charge in [-0.25, -0.2) is 4.98 Å². The molecular formula is C23H31N5. The maximum absolute atomic E-state index is 5.89. The summed E-state index contributed by atoms with van der Waals surface area (Å²) in [6, 6.07) is 11.0. The van der Waals surface area contributed by atoms with Gasteiger partial charge >= 0.3 is 0 Å². The van der Waals surface area contributed by atoms with Crippen LogP contribution in [0.2, 0.25) is 0 Å². The van der Waals surface area contributed by atoms with Crippen molar-refractivity contribution < 1.29 is 0 Å². The summed E-state index contributed by atoms with van der Waals surface area (Å²) in [6.45, 7) is 7.24. The van der Waals surface area contributed by atoms with Crippen LogP contribution in [0, 0.1) is 12.8 Å². The number of aromatic nitrogens is 1. The van der Waals surface area contributed by atoms with Crippen molar-refractivity contribution in [3.05, 3.63) is 47.7 Å². The fourth-order valence-corrected chi connectivity index (χ4v) is 4.24. The van der Waals surface area contributed by atoms with E-state index in [-0.39, 0.29) is 0 Å². The number of nitrogens with two attached hydrogens (primary N) is 1. The number of rotatable bonds is 3. The van der Waals surface area contributed by atoms with Crippen LogP contribution in [0.5, 0.6) is 0 Å². The first-order valence-electron chi connectivity index (χ1n) is 10.5. The van der Waals surface area contributed by atoms with E-state index in [1.807, 2.05) is 12.1 Å². The first-order chi connectivity index (χ1) is 13.5. The quantitative estimate of drug-likeness (QED) is 0.811. The number of aryl methyl sites for hydroxylation is 1. The van der Waals surface area contributed by atoms with Gasteiger partial charge in [-0.05, 0) is 57.4 Å². The van der Waals surface area contributed by atoms with Crippen molar-refractivity contribution in [2.45, 2.75) is 58.9 Å². The molecule has 1 aliphatic carbocycles. The molecule has 1 aliphatic heterocycles. The highest BCUT2D eigenvalue weighted by atomic mass is 15.5. The molecule has 0 bridgehead atoms. The van der Waals surface area contributed by atoms with Crippen molar-refractivity contribution in [1.82, 2.24) is 9.99 Å². The lowest BCUT2D eigenvalue weighted by Gasteiger charge is -2.30. The number of nitrogen functional groups attached to an aromatic ring is 1. The Balaban J connectivity index is 1.85. The van der Waals surface area contributed by atoms with E-state index in [0.29, 0.717) is 24.3 Å². The van der Waals surface area contributed by atoms with Crippen LogP contribution in [0.4, 0.5) is 17.2 Å². The molecule has 5 heteroatoms. The summed E-state index contributed by atoms with van der Waals surface area (Å²) in [6.07, 6.45) is 8.15. The first kappa shape index (κ1) is 18.8. The lowest BCUT2D eigenvalue weighted by molar-refractivity contribution is 0.237. The predicted octanol–water partition coefficient (Wildman–Crippen LogP) is 5.08. The normalized spacial score (nSPS) is 18.1. The van der Waals surface area contributed by atoms with Crippen LogP contribution in [-0.2, 0) is 0 Å². The van der Waals surface area contributed by atoms with Gasteiger partial charge < -0.3 is 10.6 Å². The Morgan fingerprint density at radius 3 is 2.54 bits per heavy atom. The molecule has 1 saturated carbocycles. The van der Waals surface area contributed by atoms with Gasteiger partial charge in [0.05, 0.1) is 23.3 Å². The average Bonchev–Trinajstić information content (AvgIpc) is 2.86. The third-order valence-corrected chi connectivity index (χ3v) is 5.88. The minimum Gasteiger partial charge on any atom is -0.397 e. The third-order valence-electron chi connectivity index (χ3n) is 5.88. The van der Waals surface area contributed by atoms with E-state index in [1.54, 1.807) is 6.20 Å². The van der Waals surface area contributed by atoms with Gasteiger partial charge in [-0.1, -0.05) is 31.4 Å². The molecule has 0 saturated heterocycles. The number of pyridine rings is 1. The molecule has 2 aliphatic rings. The van der Waals surface area contributed by atoms with E-state index in [1.165, 1.54) is 54.6 Å². The summed E-state index contributed by atoms with van der Waals surface area (Å²) >= 11 is 0. The Hall–Kier alpha value is -2.56. The summed E-state index contributed by atoms with van der Waals surface area (Å²) in [5.41, 5.74) is 11.5. The van der Waals surface area contributed by atoms with Crippen molar-refractivity contribution in [3.8, 4) is 0 Å². The molecule has 1 aromatic carbocycles. The standard InChI is InChI=1S/C23H31N5/c1-16(2)28-15-27(22-12-10-19(24)14-25-22)21-13-17(3)9-11-20(21)23(26-28)18-7-5-4-6-8-18/h9-14,16,18H,4-8,15,24H2,1-3H3. The van der Waals surface area contributed by atoms with E-state index in [2.05, 4.69) is 53.9 Å². The van der Waals surface area contributed by atoms with Crippen molar-refractivity contribution in [3.63, 3.8) is 0 Å². The lowest BCUT2D eigenvalue weighted by Crippen LogP contribution is -2.36. The van der Waals surface area contributed by atoms with Gasteiger partial charge in [0.2, 0.25) is 0 Å². The molecule has 0 radical (unpaired) electrons. The monoisotopic (exact) mass is 377 g/mol. The summed E-state index contributed by atoms with van der Waals surface area (Å²) in [5, 5.41) is 7.42. The average molecular weight is 378 g/mol. The zero-order chi connectivity index (χ0) is 19.7. The topological polar surface area (TPSA) is 57.8 Å². The second-order valence-corrected chi connectivity index (χ2v) is 8.39. The van der Waals surface area contributed by atoms with Crippen molar-refractivity contribution in [1.29, 1.82) is 0 Å². The van der Waals surface area contributed by atoms with Gasteiger partial charge in [0.15, 0.2) is 0 Å². The Bertz CT molecular complexity index is 850. The van der Waals surface area contributed by atoms with Crippen LogP contribution in [0.25, 0.3) is 0 Å². The Kier molecular flexibility index (Phi) is 5.25. The highest BCUT2D eigenvalue weighted by molar-refractivity contribution is 6.07. The summed E-state index contributed by atoms with van der Waals surface area (Å²) in [5.74, 6) is 1.45. The van der Waals surface area contributed by atoms with Gasteiger partial charge in [0.1, 0.15) is 12.5 Å². The second-order valence-electron chi connectivity index (χ2n) is 8.39. The summed E-state index contributed by atoms with van der Waals surface area (Å²) in [4.78, 5) is 6.91. The van der Waals surface area contributed by atoms with Crippen molar-refractivity contribution in [2.75, 3.05) is 17.3 Å². The number of fused-ring (bicyclic) bond motifs is 1. The number of hydrogen-bond donors (Lipinski definition) is 1. The minimum absolute atomic E-state index is 0.310. The largest absolute Gasteiger partial charge is 0.397 e. The van der Waals surface area contributed by atoms with Crippen LogP contribution in [0.3, 0.4) is 0 Å². The fraction of sp³-hybridized carbons (Fsp3) is 0.478. The van der Waals surface area contributed by atoms with E-state index >= 15 is 0 Å². The smallest absolute Gasteiger partial charge is 0.134 e. The molecule has 4 rings (SSSR count). The minimum atomic E-state index is 0.310. The molecule has 0 amide bonds. The second kappa shape index (κ2) is 7.82. The van der Waals surface area contributed by atoms with Crippen LogP contribution in [0.1, 0.15) is 57.1 Å². The molecular weight excluding hydrogens is 346 g/mol. The number of nitrogens with zero attached hydrogens (tertiary/aromatic N) is 4. The molecule has 2 aromatic rings. The molecule has 2 N–H and O–H groups in total. The third kappa shape index (κ3) is 3.71. The highest BCUT2D eigenvalue weighted by Crippen LogP contribution is 2.37. The van der Waals surface area contributed by atoms with E-state index in [0.717, 1.165) is 5.82 Å². The number of hydrazone groups is 1. The molecule has 1 fully saturated rings. The fourth-order valence-electron chi connectivity index (χ4n) is 4.24. The van der Waals surface area contributed by atoms with E-state index < -0.39 is 0 Å². The zero-order valence-corrected chi connectivity index (χ0v) is 17.2. The van der Waals surface area contributed by atoms with Crippen LogP contribution < -0.4 is 10.6 Å². The van der Waals surface area contributed by atoms with Gasteiger partial charge in [-0.3, -0.25) is 5.01 Å². The summed E-state index contributed by atoms with van der Waals surface area (Å²) in [7, 11) is 0. The maximum atomic E-state index is 5.89. The van der Waals surface area contributed by atoms with Gasteiger partial charge in [-0.2, -0.15) is 5.10 Å². The van der Waals surface area contributed by atoms with Gasteiger partial charge in [-0.15, -0.1) is 0 Å². The number of hydrogen-bond acceptors (Lipinski definition) is 5. The molecule has 148 valence electrons. The molecule has 2 heterocycles. The summed E-state index contributed by atoms with van der Waals surface area (Å²) < 4.78 is 0. The Labute approximate surface area is 168 Å². The molecule has 28 heavy (non-hydrogen) atoms. The molecule has 1 aromatic heterocycles. The molecule has 0 atom stereocenters. The van der Waals surface area contributed by atoms with Crippen LogP contribution in [-0.4, -0.2) is 28.4 Å². The van der Waals surface area contributed by atoms with Gasteiger partial charge in [0.25, 0.3) is 0 Å². The van der Waals surface area contributed by atoms with Gasteiger partial charge in [0, 0.05) is 17.5 Å². The number of benzene rings is 1. The van der Waals surface area contributed by atoms with E-state index in [4.69, 9.17) is 10.8 Å². The van der Waals surface area contributed by atoms with Crippen molar-refractivity contribution >= 4 is 22.9 Å². The van der Waals surface area contributed by atoms with Crippen LogP contribution in [0.15, 0.2) is 41.6 Å². The highest BCUT2D eigenvalue weighted by Gasteiger charge is 2.30. The Morgan fingerprint density at radius 1 is 1.07 bits per heavy atom. The SMILES string of the molecule is Cc1ccc2c(c1)N(c1ccc(N)cn1)CN(C(C)C)N=C2C1CCCCC1. The maximum Gasteiger partial charge on any atom is 0.134 e. The van der Waals surface area contributed by atoms with Crippen molar-refractivity contribution in [2.24, 2.45) is 11.0 Å². The van der Waals surface area contributed by atoms with E-state index in [9.17, 15) is 0 Å². The molecule has 0 spiro atoms. The molecule has 5 nitrogen and oxygen atoms in total. The lowest BCUT2D eigenvalue weighted by atomic mass is 9.82. The molecule has 0 unspecified atom stereocenters.